The van der Waals surface area contributed by atoms with Gasteiger partial charge in [0, 0.05) is 5.92 Å². The zero-order chi connectivity index (χ0) is 20.1. The summed E-state index contributed by atoms with van der Waals surface area (Å²) in [6.45, 7) is 2.77. The van der Waals surface area contributed by atoms with E-state index in [1.54, 1.807) is 0 Å². The Morgan fingerprint density at radius 3 is 2.50 bits per heavy atom. The summed E-state index contributed by atoms with van der Waals surface area (Å²) < 4.78 is 5.73. The minimum absolute atomic E-state index is 0.0707. The minimum Gasteiger partial charge on any atom is -0.494 e. The van der Waals surface area contributed by atoms with Crippen molar-refractivity contribution in [3.8, 4) is 24.0 Å². The van der Waals surface area contributed by atoms with Gasteiger partial charge < -0.3 is 10.1 Å². The van der Waals surface area contributed by atoms with Crippen molar-refractivity contribution >= 4 is 5.71 Å². The predicted molar refractivity (Wildman–Crippen MR) is 105 cm³/mol. The zero-order valence-electron chi connectivity index (χ0n) is 16.1. The van der Waals surface area contributed by atoms with Crippen LogP contribution in [0.1, 0.15) is 50.5 Å². The first kappa shape index (κ1) is 19.7. The van der Waals surface area contributed by atoms with Crippen molar-refractivity contribution in [2.45, 2.75) is 44.9 Å². The molecule has 3 atom stereocenters. The summed E-state index contributed by atoms with van der Waals surface area (Å²) in [6, 6.07) is 14.0. The van der Waals surface area contributed by atoms with Crippen LogP contribution in [0.25, 0.3) is 0 Å². The van der Waals surface area contributed by atoms with E-state index in [-0.39, 0.29) is 11.6 Å². The van der Waals surface area contributed by atoms with Gasteiger partial charge in [0.15, 0.2) is 5.41 Å². The van der Waals surface area contributed by atoms with Gasteiger partial charge in [-0.1, -0.05) is 31.6 Å². The van der Waals surface area contributed by atoms with Gasteiger partial charge in [-0.15, -0.1) is 0 Å². The number of nitrogens with one attached hydrogen (secondary N) is 1. The van der Waals surface area contributed by atoms with Crippen LogP contribution in [-0.4, -0.2) is 12.3 Å². The predicted octanol–water partition coefficient (Wildman–Crippen LogP) is 4.88. The number of hydrogen-bond acceptors (Lipinski definition) is 5. The summed E-state index contributed by atoms with van der Waals surface area (Å²) in [6.07, 6.45) is 6.75. The van der Waals surface area contributed by atoms with Crippen LogP contribution in [-0.2, 0) is 0 Å². The van der Waals surface area contributed by atoms with Crippen LogP contribution >= 0.6 is 0 Å². The molecular formula is C23H24N4O. The largest absolute Gasteiger partial charge is 0.494 e. The lowest BCUT2D eigenvalue weighted by Gasteiger charge is -2.45. The summed E-state index contributed by atoms with van der Waals surface area (Å²) >= 11 is 0. The molecule has 2 aliphatic carbocycles. The monoisotopic (exact) mass is 372 g/mol. The van der Waals surface area contributed by atoms with Crippen LogP contribution in [0.3, 0.4) is 0 Å². The third kappa shape index (κ3) is 3.17. The Balaban J connectivity index is 2.04. The Morgan fingerprint density at radius 2 is 1.89 bits per heavy atom. The summed E-state index contributed by atoms with van der Waals surface area (Å²) in [5.41, 5.74) is 0.0559. The highest BCUT2D eigenvalue weighted by Gasteiger charge is 2.57. The Labute approximate surface area is 166 Å². The lowest BCUT2D eigenvalue weighted by molar-refractivity contribution is 0.307. The molecule has 0 aromatic heterocycles. The molecule has 0 spiro atoms. The number of ether oxygens (including phenoxy) is 1. The van der Waals surface area contributed by atoms with E-state index in [4.69, 9.17) is 10.1 Å². The maximum atomic E-state index is 9.98. The molecule has 0 unspecified atom stereocenters. The number of fused-ring (bicyclic) bond motifs is 1. The molecule has 1 N–H and O–H groups in total. The molecule has 1 aromatic rings. The van der Waals surface area contributed by atoms with Gasteiger partial charge in [-0.3, -0.25) is 0 Å². The second-order valence-corrected chi connectivity index (χ2v) is 7.50. The lowest BCUT2D eigenvalue weighted by Crippen LogP contribution is -2.48. The third-order valence-corrected chi connectivity index (χ3v) is 5.93. The van der Waals surface area contributed by atoms with E-state index in [0.717, 1.165) is 49.0 Å². The van der Waals surface area contributed by atoms with Crippen molar-refractivity contribution < 1.29 is 4.74 Å². The average Bonchev–Trinajstić information content (AvgIpc) is 2.74. The molecule has 1 fully saturated rings. The number of rotatable bonds is 5. The van der Waals surface area contributed by atoms with Gasteiger partial charge in [0.1, 0.15) is 11.7 Å². The SMILES string of the molecule is CCCCOc1ccc([C@@H]2[C@@H]3CCCC=C3[C@H](C#N)C(=N)C2(C#N)C#N)cc1. The van der Waals surface area contributed by atoms with Crippen LogP contribution in [0.2, 0.25) is 0 Å². The standard InChI is InChI=1S/C23H24N4O/c1-2-3-12-28-17-10-8-16(9-11-17)21-19-7-5-4-6-18(19)20(13-24)22(27)23(21,14-25)15-26/h6,8-11,19-21,27H,2-5,7,12H2,1H3/t19-,20+,21-/m1/s1. The molecule has 3 rings (SSSR count). The Hall–Kier alpha value is -3.10. The smallest absolute Gasteiger partial charge is 0.189 e. The molecule has 1 saturated carbocycles. The number of hydrogen-bond donors (Lipinski definition) is 1. The number of benzene rings is 1. The van der Waals surface area contributed by atoms with Crippen LogP contribution in [0.15, 0.2) is 35.9 Å². The first-order chi connectivity index (χ1) is 13.6. The minimum atomic E-state index is -1.62. The number of allylic oxidation sites excluding steroid dienone is 2. The topological polar surface area (TPSA) is 104 Å². The van der Waals surface area contributed by atoms with E-state index in [1.807, 2.05) is 30.3 Å². The molecule has 2 aliphatic rings. The van der Waals surface area contributed by atoms with E-state index < -0.39 is 17.3 Å². The zero-order valence-corrected chi connectivity index (χ0v) is 16.1. The summed E-state index contributed by atoms with van der Waals surface area (Å²) in [5, 5.41) is 38.2. The fourth-order valence-electron chi connectivity index (χ4n) is 4.49. The fraction of sp³-hybridized carbons (Fsp3) is 0.478. The van der Waals surface area contributed by atoms with E-state index in [1.165, 1.54) is 0 Å². The van der Waals surface area contributed by atoms with Crippen LogP contribution in [0.5, 0.6) is 5.75 Å². The molecule has 0 amide bonds. The van der Waals surface area contributed by atoms with E-state index in [0.29, 0.717) is 6.61 Å². The maximum Gasteiger partial charge on any atom is 0.189 e. The summed E-state index contributed by atoms with van der Waals surface area (Å²) in [5.74, 6) is -0.538. The van der Waals surface area contributed by atoms with Gasteiger partial charge in [0.2, 0.25) is 0 Å². The Kier molecular flexibility index (Phi) is 5.81. The van der Waals surface area contributed by atoms with E-state index in [2.05, 4.69) is 25.1 Å². The van der Waals surface area contributed by atoms with E-state index >= 15 is 0 Å². The number of unbranched alkanes of at least 4 members (excludes halogenated alkanes) is 1. The van der Waals surface area contributed by atoms with Crippen LogP contribution < -0.4 is 4.74 Å². The van der Waals surface area contributed by atoms with Crippen molar-refractivity contribution in [3.63, 3.8) is 0 Å². The molecule has 0 saturated heterocycles. The molecule has 0 aliphatic heterocycles. The normalized spacial score (nSPS) is 25.4. The molecule has 28 heavy (non-hydrogen) atoms. The second-order valence-electron chi connectivity index (χ2n) is 7.50. The van der Waals surface area contributed by atoms with Crippen molar-refractivity contribution in [3.05, 3.63) is 41.5 Å². The third-order valence-electron chi connectivity index (χ3n) is 5.93. The maximum absolute atomic E-state index is 9.98. The van der Waals surface area contributed by atoms with Crippen molar-refractivity contribution in [2.75, 3.05) is 6.61 Å². The van der Waals surface area contributed by atoms with Gasteiger partial charge in [0.25, 0.3) is 0 Å². The highest BCUT2D eigenvalue weighted by Crippen LogP contribution is 2.55. The van der Waals surface area contributed by atoms with E-state index in [9.17, 15) is 15.8 Å². The molecule has 0 heterocycles. The first-order valence-corrected chi connectivity index (χ1v) is 9.86. The highest BCUT2D eigenvalue weighted by molar-refractivity contribution is 6.00. The molecule has 5 heteroatoms. The average molecular weight is 372 g/mol. The molecule has 142 valence electrons. The fourth-order valence-corrected chi connectivity index (χ4v) is 4.49. The number of nitriles is 3. The van der Waals surface area contributed by atoms with Gasteiger partial charge in [-0.25, -0.2) is 0 Å². The van der Waals surface area contributed by atoms with Crippen LogP contribution in [0.4, 0.5) is 0 Å². The summed E-state index contributed by atoms with van der Waals surface area (Å²) in [7, 11) is 0. The Bertz CT molecular complexity index is 881. The second kappa shape index (κ2) is 8.28. The van der Waals surface area contributed by atoms with Gasteiger partial charge >= 0.3 is 0 Å². The number of nitrogens with zero attached hydrogens (tertiary/aromatic N) is 3. The van der Waals surface area contributed by atoms with Gasteiger partial charge in [-0.2, -0.15) is 15.8 Å². The van der Waals surface area contributed by atoms with Crippen molar-refractivity contribution in [1.29, 1.82) is 21.2 Å². The molecule has 0 radical (unpaired) electrons. The van der Waals surface area contributed by atoms with Crippen molar-refractivity contribution in [2.24, 2.45) is 17.3 Å². The highest BCUT2D eigenvalue weighted by atomic mass is 16.5. The van der Waals surface area contributed by atoms with Gasteiger partial charge in [0.05, 0.1) is 30.5 Å². The Morgan fingerprint density at radius 1 is 1.18 bits per heavy atom. The molecule has 0 bridgehead atoms. The molecule has 1 aromatic carbocycles. The van der Waals surface area contributed by atoms with Crippen LogP contribution in [0, 0.1) is 56.7 Å². The lowest BCUT2D eigenvalue weighted by atomic mass is 9.53. The van der Waals surface area contributed by atoms with Crippen molar-refractivity contribution in [1.82, 2.24) is 0 Å². The molecular weight excluding hydrogens is 348 g/mol. The molecule has 5 nitrogen and oxygen atoms in total. The quantitative estimate of drug-likeness (QED) is 0.587. The van der Waals surface area contributed by atoms with Gasteiger partial charge in [-0.05, 0) is 54.9 Å². The first-order valence-electron chi connectivity index (χ1n) is 9.86. The summed E-state index contributed by atoms with van der Waals surface area (Å²) in [4.78, 5) is 0.